The van der Waals surface area contributed by atoms with Crippen molar-refractivity contribution in [3.05, 3.63) is 24.3 Å². The van der Waals surface area contributed by atoms with Crippen molar-refractivity contribution in [2.24, 2.45) is 17.6 Å². The van der Waals surface area contributed by atoms with E-state index in [1.165, 1.54) is 0 Å². The van der Waals surface area contributed by atoms with E-state index in [2.05, 4.69) is 6.92 Å². The SMILES string of the molecule is CCCN(CC1COc2ccccc2O1)C(=O)[C@@H]1CCC[C@@H]1CN. The molecule has 1 amide bonds. The van der Waals surface area contributed by atoms with E-state index >= 15 is 0 Å². The first kappa shape index (κ1) is 17.1. The highest BCUT2D eigenvalue weighted by Crippen LogP contribution is 2.34. The van der Waals surface area contributed by atoms with Gasteiger partial charge in [0, 0.05) is 12.5 Å². The van der Waals surface area contributed by atoms with Crippen LogP contribution < -0.4 is 15.2 Å². The van der Waals surface area contributed by atoms with E-state index in [9.17, 15) is 4.79 Å². The molecule has 1 aromatic carbocycles. The van der Waals surface area contributed by atoms with Gasteiger partial charge in [0.2, 0.25) is 5.91 Å². The average Bonchev–Trinajstić information content (AvgIpc) is 3.09. The van der Waals surface area contributed by atoms with Gasteiger partial charge in [0.05, 0.1) is 6.54 Å². The molecule has 5 heteroatoms. The maximum Gasteiger partial charge on any atom is 0.226 e. The molecule has 0 spiro atoms. The van der Waals surface area contributed by atoms with Gasteiger partial charge in [0.15, 0.2) is 17.6 Å². The van der Waals surface area contributed by atoms with E-state index in [0.717, 1.165) is 43.7 Å². The van der Waals surface area contributed by atoms with E-state index in [1.54, 1.807) is 0 Å². The fourth-order valence-corrected chi connectivity index (χ4v) is 3.84. The molecule has 0 radical (unpaired) electrons. The standard InChI is InChI=1S/C19H28N2O3/c1-2-10-21(19(22)16-7-5-6-14(16)11-20)12-15-13-23-17-8-3-4-9-18(17)24-15/h3-4,8-9,14-16H,2,5-7,10-13,20H2,1H3/t14-,15?,16-/m1/s1. The molecule has 1 aromatic rings. The second-order valence-corrected chi connectivity index (χ2v) is 6.82. The van der Waals surface area contributed by atoms with Crippen LogP contribution in [0.25, 0.3) is 0 Å². The van der Waals surface area contributed by atoms with Gasteiger partial charge in [0.25, 0.3) is 0 Å². The summed E-state index contributed by atoms with van der Waals surface area (Å²) < 4.78 is 11.8. The highest BCUT2D eigenvalue weighted by Gasteiger charge is 2.35. The van der Waals surface area contributed by atoms with Crippen LogP contribution in [0.5, 0.6) is 11.5 Å². The summed E-state index contributed by atoms with van der Waals surface area (Å²) in [5.74, 6) is 2.20. The van der Waals surface area contributed by atoms with Gasteiger partial charge in [-0.1, -0.05) is 25.5 Å². The molecular formula is C19H28N2O3. The Balaban J connectivity index is 1.65. The lowest BCUT2D eigenvalue weighted by Crippen LogP contribution is -2.47. The third-order valence-electron chi connectivity index (χ3n) is 5.08. The molecule has 24 heavy (non-hydrogen) atoms. The maximum absolute atomic E-state index is 13.0. The van der Waals surface area contributed by atoms with Crippen LogP contribution in [0.1, 0.15) is 32.6 Å². The number of hydrogen-bond donors (Lipinski definition) is 1. The Kier molecular flexibility index (Phi) is 5.61. The topological polar surface area (TPSA) is 64.8 Å². The zero-order chi connectivity index (χ0) is 16.9. The summed E-state index contributed by atoms with van der Waals surface area (Å²) in [7, 11) is 0. The van der Waals surface area contributed by atoms with Gasteiger partial charge < -0.3 is 20.1 Å². The number of carbonyl (C=O) groups is 1. The van der Waals surface area contributed by atoms with Gasteiger partial charge in [-0.05, 0) is 43.9 Å². The van der Waals surface area contributed by atoms with Crippen molar-refractivity contribution < 1.29 is 14.3 Å². The molecule has 5 nitrogen and oxygen atoms in total. The molecule has 1 unspecified atom stereocenters. The minimum absolute atomic E-state index is 0.0818. The Bertz CT molecular complexity index is 563. The number of para-hydroxylation sites is 2. The summed E-state index contributed by atoms with van der Waals surface area (Å²) in [6.07, 6.45) is 3.97. The lowest BCUT2D eigenvalue weighted by Gasteiger charge is -2.33. The maximum atomic E-state index is 13.0. The molecule has 3 atom stereocenters. The molecule has 1 saturated carbocycles. The third-order valence-corrected chi connectivity index (χ3v) is 5.08. The first-order valence-electron chi connectivity index (χ1n) is 9.10. The van der Waals surface area contributed by atoms with Crippen LogP contribution in [0.2, 0.25) is 0 Å². The third kappa shape index (κ3) is 3.66. The minimum Gasteiger partial charge on any atom is -0.486 e. The molecule has 1 aliphatic heterocycles. The Morgan fingerprint density at radius 1 is 1.29 bits per heavy atom. The summed E-state index contributed by atoms with van der Waals surface area (Å²) in [5.41, 5.74) is 5.86. The number of rotatable bonds is 6. The lowest BCUT2D eigenvalue weighted by atomic mass is 9.94. The number of nitrogens with zero attached hydrogens (tertiary/aromatic N) is 1. The fourth-order valence-electron chi connectivity index (χ4n) is 3.84. The molecule has 1 aliphatic carbocycles. The van der Waals surface area contributed by atoms with E-state index in [-0.39, 0.29) is 17.9 Å². The molecule has 0 aromatic heterocycles. The fraction of sp³-hybridized carbons (Fsp3) is 0.632. The number of ether oxygens (including phenoxy) is 2. The van der Waals surface area contributed by atoms with Gasteiger partial charge in [-0.3, -0.25) is 4.79 Å². The highest BCUT2D eigenvalue weighted by molar-refractivity contribution is 5.79. The zero-order valence-corrected chi connectivity index (χ0v) is 14.4. The van der Waals surface area contributed by atoms with E-state index in [0.29, 0.717) is 25.6 Å². The van der Waals surface area contributed by atoms with Crippen molar-refractivity contribution in [1.82, 2.24) is 4.90 Å². The van der Waals surface area contributed by atoms with E-state index in [4.69, 9.17) is 15.2 Å². The molecule has 1 heterocycles. The van der Waals surface area contributed by atoms with Gasteiger partial charge in [0.1, 0.15) is 6.61 Å². The molecule has 0 saturated heterocycles. The predicted octanol–water partition coefficient (Wildman–Crippen LogP) is 2.44. The van der Waals surface area contributed by atoms with Crippen LogP contribution in [-0.4, -0.2) is 43.2 Å². The van der Waals surface area contributed by atoms with Crippen LogP contribution in [0.15, 0.2) is 24.3 Å². The van der Waals surface area contributed by atoms with Crippen LogP contribution in [-0.2, 0) is 4.79 Å². The van der Waals surface area contributed by atoms with Crippen molar-refractivity contribution >= 4 is 5.91 Å². The molecule has 2 aliphatic rings. The Morgan fingerprint density at radius 3 is 2.83 bits per heavy atom. The molecule has 3 rings (SSSR count). The molecule has 0 bridgehead atoms. The smallest absolute Gasteiger partial charge is 0.226 e. The van der Waals surface area contributed by atoms with Gasteiger partial charge in [-0.15, -0.1) is 0 Å². The van der Waals surface area contributed by atoms with Crippen LogP contribution in [0.4, 0.5) is 0 Å². The first-order chi connectivity index (χ1) is 11.7. The van der Waals surface area contributed by atoms with Crippen molar-refractivity contribution in [1.29, 1.82) is 0 Å². The van der Waals surface area contributed by atoms with Crippen molar-refractivity contribution in [2.75, 3.05) is 26.2 Å². The quantitative estimate of drug-likeness (QED) is 0.869. The predicted molar refractivity (Wildman–Crippen MR) is 93.1 cm³/mol. The Labute approximate surface area is 144 Å². The molecule has 2 N–H and O–H groups in total. The highest BCUT2D eigenvalue weighted by atomic mass is 16.6. The number of carbonyl (C=O) groups excluding carboxylic acids is 1. The number of benzene rings is 1. The normalized spacial score (nSPS) is 25.5. The lowest BCUT2D eigenvalue weighted by molar-refractivity contribution is -0.138. The number of nitrogens with two attached hydrogens (primary N) is 1. The van der Waals surface area contributed by atoms with Gasteiger partial charge >= 0.3 is 0 Å². The summed E-state index contributed by atoms with van der Waals surface area (Å²) in [6, 6.07) is 7.69. The largest absolute Gasteiger partial charge is 0.486 e. The van der Waals surface area contributed by atoms with Gasteiger partial charge in [-0.2, -0.15) is 0 Å². The summed E-state index contributed by atoms with van der Waals surface area (Å²) >= 11 is 0. The second kappa shape index (κ2) is 7.88. The second-order valence-electron chi connectivity index (χ2n) is 6.82. The zero-order valence-electron chi connectivity index (χ0n) is 14.4. The van der Waals surface area contributed by atoms with Crippen molar-refractivity contribution in [3.63, 3.8) is 0 Å². The number of hydrogen-bond acceptors (Lipinski definition) is 4. The summed E-state index contributed by atoms with van der Waals surface area (Å²) in [4.78, 5) is 15.0. The number of amides is 1. The Hall–Kier alpha value is -1.75. The van der Waals surface area contributed by atoms with Crippen molar-refractivity contribution in [2.45, 2.75) is 38.7 Å². The summed E-state index contributed by atoms with van der Waals surface area (Å²) in [5, 5.41) is 0. The minimum atomic E-state index is -0.117. The Morgan fingerprint density at radius 2 is 2.08 bits per heavy atom. The summed E-state index contributed by atoms with van der Waals surface area (Å²) in [6.45, 7) is 4.52. The molecular weight excluding hydrogens is 304 g/mol. The van der Waals surface area contributed by atoms with Crippen LogP contribution in [0.3, 0.4) is 0 Å². The average molecular weight is 332 g/mol. The molecule has 132 valence electrons. The molecule has 1 fully saturated rings. The van der Waals surface area contributed by atoms with E-state index in [1.807, 2.05) is 29.2 Å². The van der Waals surface area contributed by atoms with Gasteiger partial charge in [-0.25, -0.2) is 0 Å². The number of fused-ring (bicyclic) bond motifs is 1. The first-order valence-corrected chi connectivity index (χ1v) is 9.10. The monoisotopic (exact) mass is 332 g/mol. The van der Waals surface area contributed by atoms with Crippen LogP contribution >= 0.6 is 0 Å². The van der Waals surface area contributed by atoms with Crippen molar-refractivity contribution in [3.8, 4) is 11.5 Å². The van der Waals surface area contributed by atoms with Crippen LogP contribution in [0, 0.1) is 11.8 Å². The van der Waals surface area contributed by atoms with E-state index < -0.39 is 0 Å².